The molecule has 0 saturated carbocycles. The largest absolute Gasteiger partial charge is 0.508 e. The van der Waals surface area contributed by atoms with E-state index in [1.54, 1.807) is 55.6 Å². The van der Waals surface area contributed by atoms with Gasteiger partial charge in [0.05, 0.1) is 13.2 Å². The Morgan fingerprint density at radius 2 is 1.33 bits per heavy atom. The molecular formula is C29H33N9O4. The molecule has 3 aromatic carbocycles. The number of hydrogen-bond acceptors (Lipinski definition) is 10. The fraction of sp³-hybridized carbons (Fsp3) is 0.207. The molecule has 3 amide bonds. The Hall–Kier alpha value is -5.43. The molecular weight excluding hydrogens is 538 g/mol. The molecule has 0 bridgehead atoms. The van der Waals surface area contributed by atoms with Crippen molar-refractivity contribution in [2.45, 2.75) is 6.54 Å². The van der Waals surface area contributed by atoms with Gasteiger partial charge in [-0.1, -0.05) is 30.3 Å². The number of nitrogens with one attached hydrogen (secondary N) is 6. The Balaban J connectivity index is 1.37. The Kier molecular flexibility index (Phi) is 10.8. The van der Waals surface area contributed by atoms with Gasteiger partial charge in [-0.15, -0.1) is 0 Å². The zero-order valence-electron chi connectivity index (χ0n) is 23.1. The molecule has 1 heterocycles. The van der Waals surface area contributed by atoms with E-state index in [-0.39, 0.29) is 29.6 Å². The monoisotopic (exact) mass is 571 g/mol. The van der Waals surface area contributed by atoms with E-state index in [9.17, 15) is 14.7 Å². The highest BCUT2D eigenvalue weighted by atomic mass is 16.5. The second-order valence-electron chi connectivity index (χ2n) is 8.89. The van der Waals surface area contributed by atoms with Gasteiger partial charge in [0.1, 0.15) is 5.75 Å². The number of amides is 3. The van der Waals surface area contributed by atoms with Crippen molar-refractivity contribution in [3.8, 4) is 5.75 Å². The SMILES string of the molecule is CNC(=O)NCCOCCNc1nc(Nc2ccc(O)cc2)nc(Nc2ccc(C(=O)NCc3ccccc3)cc2)n1. The van der Waals surface area contributed by atoms with Crippen LogP contribution in [0.15, 0.2) is 78.9 Å². The van der Waals surface area contributed by atoms with E-state index in [2.05, 4.69) is 46.9 Å². The van der Waals surface area contributed by atoms with Crippen molar-refractivity contribution in [1.82, 2.24) is 30.9 Å². The van der Waals surface area contributed by atoms with Crippen molar-refractivity contribution in [2.24, 2.45) is 0 Å². The van der Waals surface area contributed by atoms with Crippen molar-refractivity contribution in [1.29, 1.82) is 0 Å². The normalized spacial score (nSPS) is 10.4. The van der Waals surface area contributed by atoms with E-state index >= 15 is 0 Å². The van der Waals surface area contributed by atoms with Crippen LogP contribution in [0.3, 0.4) is 0 Å². The van der Waals surface area contributed by atoms with E-state index in [1.807, 2.05) is 30.3 Å². The second-order valence-corrected chi connectivity index (χ2v) is 8.89. The quantitative estimate of drug-likeness (QED) is 0.0878. The summed E-state index contributed by atoms with van der Waals surface area (Å²) < 4.78 is 5.52. The van der Waals surface area contributed by atoms with Crippen LogP contribution in [0.4, 0.5) is 34.0 Å². The number of aromatic nitrogens is 3. The van der Waals surface area contributed by atoms with E-state index in [4.69, 9.17) is 4.74 Å². The number of anilines is 5. The number of benzene rings is 3. The van der Waals surface area contributed by atoms with Gasteiger partial charge in [0.2, 0.25) is 17.8 Å². The molecule has 13 heteroatoms. The summed E-state index contributed by atoms with van der Waals surface area (Å²) in [5, 5.41) is 27.0. The van der Waals surface area contributed by atoms with E-state index in [1.165, 1.54) is 0 Å². The highest BCUT2D eigenvalue weighted by molar-refractivity contribution is 5.94. The molecule has 0 spiro atoms. The first-order valence-electron chi connectivity index (χ1n) is 13.3. The summed E-state index contributed by atoms with van der Waals surface area (Å²) in [6, 6.07) is 22.9. The predicted molar refractivity (Wildman–Crippen MR) is 160 cm³/mol. The van der Waals surface area contributed by atoms with Gasteiger partial charge in [-0.05, 0) is 54.1 Å². The zero-order chi connectivity index (χ0) is 29.6. The van der Waals surface area contributed by atoms with Gasteiger partial charge in [-0.3, -0.25) is 4.79 Å². The van der Waals surface area contributed by atoms with Crippen LogP contribution >= 0.6 is 0 Å². The van der Waals surface area contributed by atoms with Crippen LogP contribution in [-0.2, 0) is 11.3 Å². The first-order chi connectivity index (χ1) is 20.5. The smallest absolute Gasteiger partial charge is 0.314 e. The number of carbonyl (C=O) groups is 2. The number of aromatic hydroxyl groups is 1. The van der Waals surface area contributed by atoms with Crippen LogP contribution in [0.2, 0.25) is 0 Å². The van der Waals surface area contributed by atoms with Gasteiger partial charge in [0.15, 0.2) is 0 Å². The van der Waals surface area contributed by atoms with Crippen molar-refractivity contribution < 1.29 is 19.4 Å². The van der Waals surface area contributed by atoms with Gasteiger partial charge in [-0.2, -0.15) is 15.0 Å². The molecule has 218 valence electrons. The minimum Gasteiger partial charge on any atom is -0.508 e. The number of urea groups is 1. The lowest BCUT2D eigenvalue weighted by Gasteiger charge is -2.12. The second kappa shape index (κ2) is 15.4. The first kappa shape index (κ1) is 29.6. The lowest BCUT2D eigenvalue weighted by atomic mass is 10.2. The third-order valence-corrected chi connectivity index (χ3v) is 5.75. The predicted octanol–water partition coefficient (Wildman–Crippen LogP) is 3.35. The van der Waals surface area contributed by atoms with Crippen LogP contribution in [0.1, 0.15) is 15.9 Å². The molecule has 1 aromatic heterocycles. The Labute approximate surface area is 243 Å². The third kappa shape index (κ3) is 9.64. The van der Waals surface area contributed by atoms with E-state index in [0.717, 1.165) is 5.56 Å². The lowest BCUT2D eigenvalue weighted by Crippen LogP contribution is -2.35. The van der Waals surface area contributed by atoms with Crippen molar-refractivity contribution in [3.63, 3.8) is 0 Å². The van der Waals surface area contributed by atoms with Crippen LogP contribution < -0.4 is 31.9 Å². The maximum atomic E-state index is 12.6. The molecule has 0 atom stereocenters. The molecule has 0 radical (unpaired) electrons. The number of hydrogen-bond donors (Lipinski definition) is 7. The molecule has 4 rings (SSSR count). The summed E-state index contributed by atoms with van der Waals surface area (Å²) in [4.78, 5) is 37.1. The molecule has 0 fully saturated rings. The number of carbonyl (C=O) groups excluding carboxylic acids is 2. The number of phenols is 1. The van der Waals surface area contributed by atoms with Gasteiger partial charge in [0.25, 0.3) is 5.91 Å². The summed E-state index contributed by atoms with van der Waals surface area (Å²) >= 11 is 0. The van der Waals surface area contributed by atoms with Gasteiger partial charge >= 0.3 is 6.03 Å². The average Bonchev–Trinajstić information content (AvgIpc) is 3.01. The summed E-state index contributed by atoms with van der Waals surface area (Å²) in [7, 11) is 1.55. The van der Waals surface area contributed by atoms with Crippen molar-refractivity contribution >= 4 is 41.2 Å². The Bertz CT molecular complexity index is 1440. The fourth-order valence-corrected chi connectivity index (χ4v) is 3.62. The van der Waals surface area contributed by atoms with Crippen LogP contribution in [0.25, 0.3) is 0 Å². The summed E-state index contributed by atoms with van der Waals surface area (Å²) in [5.41, 5.74) is 2.89. The maximum absolute atomic E-state index is 12.6. The number of phenolic OH excluding ortho intramolecular Hbond substituents is 1. The molecule has 0 aliphatic heterocycles. The van der Waals surface area contributed by atoms with Crippen LogP contribution in [0.5, 0.6) is 5.75 Å². The zero-order valence-corrected chi connectivity index (χ0v) is 23.1. The molecule has 0 aliphatic carbocycles. The highest BCUT2D eigenvalue weighted by Crippen LogP contribution is 2.20. The first-order valence-corrected chi connectivity index (χ1v) is 13.3. The fourth-order valence-electron chi connectivity index (χ4n) is 3.62. The minimum absolute atomic E-state index is 0.142. The summed E-state index contributed by atoms with van der Waals surface area (Å²) in [5.74, 6) is 0.810. The van der Waals surface area contributed by atoms with Gasteiger partial charge in [-0.25, -0.2) is 4.79 Å². The molecule has 13 nitrogen and oxygen atoms in total. The van der Waals surface area contributed by atoms with Crippen LogP contribution in [-0.4, -0.2) is 65.3 Å². The number of ether oxygens (including phenoxy) is 1. The lowest BCUT2D eigenvalue weighted by molar-refractivity contribution is 0.0951. The van der Waals surface area contributed by atoms with Gasteiger partial charge in [0, 0.05) is 43.6 Å². The van der Waals surface area contributed by atoms with Crippen molar-refractivity contribution in [2.75, 3.05) is 49.3 Å². The minimum atomic E-state index is -0.267. The summed E-state index contributed by atoms with van der Waals surface area (Å²) in [6.07, 6.45) is 0. The molecule has 42 heavy (non-hydrogen) atoms. The summed E-state index contributed by atoms with van der Waals surface area (Å²) in [6.45, 7) is 1.95. The Morgan fingerprint density at radius 1 is 0.738 bits per heavy atom. The van der Waals surface area contributed by atoms with Crippen molar-refractivity contribution in [3.05, 3.63) is 90.0 Å². The molecule has 0 aliphatic rings. The number of nitrogens with zero attached hydrogens (tertiary/aromatic N) is 3. The standard InChI is InChI=1S/C29H33N9O4/c1-30-29(41)32-16-18-42-17-15-31-26-36-27(38-28(37-26)35-23-11-13-24(39)14-12-23)34-22-9-7-21(8-10-22)25(40)33-19-20-5-3-2-4-6-20/h2-14,39H,15-19H2,1H3,(H,33,40)(H2,30,32,41)(H3,31,34,35,36,37,38). The molecule has 0 unspecified atom stereocenters. The average molecular weight is 572 g/mol. The Morgan fingerprint density at radius 3 is 1.98 bits per heavy atom. The maximum Gasteiger partial charge on any atom is 0.314 e. The highest BCUT2D eigenvalue weighted by Gasteiger charge is 2.10. The van der Waals surface area contributed by atoms with E-state index in [0.29, 0.717) is 55.7 Å². The van der Waals surface area contributed by atoms with Crippen LogP contribution in [0, 0.1) is 0 Å². The number of rotatable bonds is 14. The third-order valence-electron chi connectivity index (χ3n) is 5.75. The molecule has 4 aromatic rings. The van der Waals surface area contributed by atoms with Gasteiger partial charge < -0.3 is 41.7 Å². The molecule has 0 saturated heterocycles. The topological polar surface area (TPSA) is 174 Å². The molecule has 7 N–H and O–H groups in total. The van der Waals surface area contributed by atoms with E-state index < -0.39 is 0 Å².